The molecular formula is C30H33N3OS. The van der Waals surface area contributed by atoms with Gasteiger partial charge in [0.05, 0.1) is 5.56 Å². The standard InChI is InChI=1S/C30H33N3OS/c1-19-15-16-20(2)25(17-19)32-29(34)28-23-12-7-5-6-8-14-27(23)35-30(28)31-18-24-21(3)33(4)26-13-10-9-11-22(24)26/h9-11,13,15-18H,5-8,12,14H2,1-4H3,(H,32,34). The highest BCUT2D eigenvalue weighted by Gasteiger charge is 2.24. The van der Waals surface area contributed by atoms with Crippen LogP contribution in [0.2, 0.25) is 0 Å². The SMILES string of the molecule is Cc1ccc(C)c(NC(=O)c2c(N=Cc3c(C)n(C)c4ccccc34)sc3c2CCCCCC3)c1. The van der Waals surface area contributed by atoms with Crippen LogP contribution in [-0.2, 0) is 19.9 Å². The molecule has 2 aromatic carbocycles. The zero-order valence-electron chi connectivity index (χ0n) is 21.1. The van der Waals surface area contributed by atoms with Gasteiger partial charge < -0.3 is 9.88 Å². The van der Waals surface area contributed by atoms with Crippen LogP contribution >= 0.6 is 11.3 Å². The number of aromatic nitrogens is 1. The third-order valence-corrected chi connectivity index (χ3v) is 8.48. The van der Waals surface area contributed by atoms with E-state index in [1.54, 1.807) is 11.3 Å². The fourth-order valence-electron chi connectivity index (χ4n) is 5.12. The number of nitrogens with zero attached hydrogens (tertiary/aromatic N) is 2. The van der Waals surface area contributed by atoms with Gasteiger partial charge in [-0.25, -0.2) is 4.99 Å². The molecule has 1 aliphatic rings. The van der Waals surface area contributed by atoms with Gasteiger partial charge in [-0.15, -0.1) is 11.3 Å². The number of rotatable bonds is 4. The molecule has 0 spiro atoms. The van der Waals surface area contributed by atoms with Gasteiger partial charge in [0.2, 0.25) is 0 Å². The van der Waals surface area contributed by atoms with Crippen molar-refractivity contribution in [2.24, 2.45) is 12.0 Å². The summed E-state index contributed by atoms with van der Waals surface area (Å²) in [6.45, 7) is 6.22. The average molecular weight is 484 g/mol. The summed E-state index contributed by atoms with van der Waals surface area (Å²) in [5.41, 5.74) is 8.53. The summed E-state index contributed by atoms with van der Waals surface area (Å²) in [5.74, 6) is -0.0430. The summed E-state index contributed by atoms with van der Waals surface area (Å²) in [6, 6.07) is 14.6. The molecule has 0 unspecified atom stereocenters. The summed E-state index contributed by atoms with van der Waals surface area (Å²) in [5, 5.41) is 5.23. The van der Waals surface area contributed by atoms with E-state index in [0.29, 0.717) is 0 Å². The molecule has 5 heteroatoms. The molecular weight excluding hydrogens is 450 g/mol. The van der Waals surface area contributed by atoms with Crippen molar-refractivity contribution in [1.82, 2.24) is 4.57 Å². The van der Waals surface area contributed by atoms with Crippen LogP contribution in [0.1, 0.15) is 68.9 Å². The molecule has 0 atom stereocenters. The number of benzene rings is 2. The van der Waals surface area contributed by atoms with Crippen LogP contribution in [0.25, 0.3) is 10.9 Å². The van der Waals surface area contributed by atoms with E-state index in [-0.39, 0.29) is 5.91 Å². The van der Waals surface area contributed by atoms with Crippen LogP contribution in [0.15, 0.2) is 47.5 Å². The lowest BCUT2D eigenvalue weighted by atomic mass is 9.96. The summed E-state index contributed by atoms with van der Waals surface area (Å²) >= 11 is 1.70. The van der Waals surface area contributed by atoms with E-state index < -0.39 is 0 Å². The van der Waals surface area contributed by atoms with E-state index in [2.05, 4.69) is 67.2 Å². The molecule has 1 N–H and O–H groups in total. The number of amides is 1. The molecule has 1 amide bonds. The van der Waals surface area contributed by atoms with Crippen molar-refractivity contribution in [3.63, 3.8) is 0 Å². The predicted molar refractivity (Wildman–Crippen MR) is 149 cm³/mol. The Balaban J connectivity index is 1.58. The third-order valence-electron chi connectivity index (χ3n) is 7.28. The zero-order valence-corrected chi connectivity index (χ0v) is 21.9. The molecule has 180 valence electrons. The van der Waals surface area contributed by atoms with Crippen LogP contribution in [-0.4, -0.2) is 16.7 Å². The van der Waals surface area contributed by atoms with Crippen molar-refractivity contribution in [2.75, 3.05) is 5.32 Å². The Morgan fingerprint density at radius 2 is 1.80 bits per heavy atom. The minimum atomic E-state index is -0.0430. The number of para-hydroxylation sites is 1. The Morgan fingerprint density at radius 3 is 2.63 bits per heavy atom. The van der Waals surface area contributed by atoms with Crippen molar-refractivity contribution in [3.05, 3.63) is 80.9 Å². The molecule has 4 nitrogen and oxygen atoms in total. The summed E-state index contributed by atoms with van der Waals surface area (Å²) < 4.78 is 2.21. The Labute approximate surface area is 211 Å². The van der Waals surface area contributed by atoms with Gasteiger partial charge in [-0.1, -0.05) is 43.2 Å². The zero-order chi connectivity index (χ0) is 24.5. The van der Waals surface area contributed by atoms with E-state index >= 15 is 0 Å². The monoisotopic (exact) mass is 483 g/mol. The Hall–Kier alpha value is -3.18. The smallest absolute Gasteiger partial charge is 0.259 e. The Bertz CT molecular complexity index is 1440. The molecule has 0 aliphatic heterocycles. The normalized spacial score (nSPS) is 14.2. The third kappa shape index (κ3) is 4.57. The topological polar surface area (TPSA) is 46.4 Å². The number of thiophene rings is 1. The van der Waals surface area contributed by atoms with Crippen LogP contribution in [0, 0.1) is 20.8 Å². The lowest BCUT2D eigenvalue weighted by Crippen LogP contribution is -2.15. The van der Waals surface area contributed by atoms with Gasteiger partial charge in [0.25, 0.3) is 5.91 Å². The van der Waals surface area contributed by atoms with Crippen LogP contribution in [0.5, 0.6) is 0 Å². The van der Waals surface area contributed by atoms with Crippen molar-refractivity contribution >= 4 is 45.0 Å². The second-order valence-electron chi connectivity index (χ2n) is 9.70. The van der Waals surface area contributed by atoms with E-state index in [0.717, 1.165) is 52.2 Å². The summed E-state index contributed by atoms with van der Waals surface area (Å²) in [4.78, 5) is 20.1. The number of aryl methyl sites for hydroxylation is 4. The number of hydrogen-bond acceptors (Lipinski definition) is 3. The number of fused-ring (bicyclic) bond motifs is 2. The number of nitrogens with one attached hydrogen (secondary N) is 1. The van der Waals surface area contributed by atoms with Crippen molar-refractivity contribution in [2.45, 2.75) is 59.3 Å². The highest BCUT2D eigenvalue weighted by atomic mass is 32.1. The van der Waals surface area contributed by atoms with Crippen LogP contribution in [0.4, 0.5) is 10.7 Å². The molecule has 0 radical (unpaired) electrons. The quantitative estimate of drug-likeness (QED) is 0.295. The maximum atomic E-state index is 13.7. The first-order valence-corrected chi connectivity index (χ1v) is 13.4. The van der Waals surface area contributed by atoms with Gasteiger partial charge in [0.1, 0.15) is 5.00 Å². The Kier molecular flexibility index (Phi) is 6.61. The number of anilines is 1. The highest BCUT2D eigenvalue weighted by molar-refractivity contribution is 7.16. The molecule has 0 bridgehead atoms. The minimum Gasteiger partial charge on any atom is -0.347 e. The van der Waals surface area contributed by atoms with Gasteiger partial charge in [-0.05, 0) is 75.3 Å². The second-order valence-corrected chi connectivity index (χ2v) is 10.8. The van der Waals surface area contributed by atoms with E-state index in [9.17, 15) is 4.79 Å². The number of carbonyl (C=O) groups is 1. The molecule has 0 fully saturated rings. The van der Waals surface area contributed by atoms with Crippen molar-refractivity contribution < 1.29 is 4.79 Å². The Morgan fingerprint density at radius 1 is 1.03 bits per heavy atom. The minimum absolute atomic E-state index is 0.0430. The maximum absolute atomic E-state index is 13.7. The van der Waals surface area contributed by atoms with Gasteiger partial charge in [0.15, 0.2) is 0 Å². The lowest BCUT2D eigenvalue weighted by molar-refractivity contribution is 0.102. The average Bonchev–Trinajstić information content (AvgIpc) is 3.29. The fourth-order valence-corrected chi connectivity index (χ4v) is 6.35. The summed E-state index contributed by atoms with van der Waals surface area (Å²) in [7, 11) is 2.09. The molecule has 35 heavy (non-hydrogen) atoms. The first-order valence-electron chi connectivity index (χ1n) is 12.5. The number of carbonyl (C=O) groups excluding carboxylic acids is 1. The molecule has 0 saturated heterocycles. The largest absolute Gasteiger partial charge is 0.347 e. The summed E-state index contributed by atoms with van der Waals surface area (Å²) in [6.07, 6.45) is 8.73. The van der Waals surface area contributed by atoms with Gasteiger partial charge in [0, 0.05) is 46.0 Å². The molecule has 5 rings (SSSR count). The highest BCUT2D eigenvalue weighted by Crippen LogP contribution is 2.40. The first kappa shape index (κ1) is 23.6. The molecule has 4 aromatic rings. The van der Waals surface area contributed by atoms with Gasteiger partial charge in [-0.2, -0.15) is 0 Å². The molecule has 2 heterocycles. The molecule has 1 aliphatic carbocycles. The first-order chi connectivity index (χ1) is 16.9. The number of hydrogen-bond donors (Lipinski definition) is 1. The van der Waals surface area contributed by atoms with Crippen molar-refractivity contribution in [3.8, 4) is 0 Å². The van der Waals surface area contributed by atoms with Gasteiger partial charge in [-0.3, -0.25) is 4.79 Å². The van der Waals surface area contributed by atoms with E-state index in [4.69, 9.17) is 4.99 Å². The number of aliphatic imine (C=N–C) groups is 1. The van der Waals surface area contributed by atoms with Crippen molar-refractivity contribution in [1.29, 1.82) is 0 Å². The second kappa shape index (κ2) is 9.82. The fraction of sp³-hybridized carbons (Fsp3) is 0.333. The maximum Gasteiger partial charge on any atom is 0.259 e. The van der Waals surface area contributed by atoms with Crippen LogP contribution in [0.3, 0.4) is 0 Å². The lowest BCUT2D eigenvalue weighted by Gasteiger charge is -2.13. The molecule has 0 saturated carbocycles. The predicted octanol–water partition coefficient (Wildman–Crippen LogP) is 7.83. The van der Waals surface area contributed by atoms with E-state index in [1.807, 2.05) is 19.2 Å². The van der Waals surface area contributed by atoms with Crippen LogP contribution < -0.4 is 5.32 Å². The van der Waals surface area contributed by atoms with Gasteiger partial charge >= 0.3 is 0 Å². The van der Waals surface area contributed by atoms with E-state index in [1.165, 1.54) is 46.3 Å². The molecule has 2 aromatic heterocycles.